The number of hydrogen-bond donors (Lipinski definition) is 2. The van der Waals surface area contributed by atoms with Crippen LogP contribution in [0.4, 0.5) is 5.69 Å². The van der Waals surface area contributed by atoms with Crippen LogP contribution in [0, 0.1) is 0 Å². The van der Waals surface area contributed by atoms with E-state index in [-0.39, 0.29) is 0 Å². The molecular weight excluding hydrogens is 256 g/mol. The molecule has 1 saturated carbocycles. The minimum Gasteiger partial charge on any atom is -0.495 e. The van der Waals surface area contributed by atoms with Gasteiger partial charge in [-0.2, -0.15) is 0 Å². The maximum Gasteiger partial charge on any atom is 0.325 e. The highest BCUT2D eigenvalue weighted by Crippen LogP contribution is 2.29. The van der Waals surface area contributed by atoms with Gasteiger partial charge in [0.25, 0.3) is 0 Å². The van der Waals surface area contributed by atoms with Crippen LogP contribution in [-0.2, 0) is 4.79 Å². The predicted octanol–water partition coefficient (Wildman–Crippen LogP) is 1.73. The summed E-state index contributed by atoms with van der Waals surface area (Å²) in [6, 6.07) is 7.95. The average Bonchev–Trinajstić information content (AvgIpc) is 3.22. The number of hydrogen-bond acceptors (Lipinski definition) is 4. The predicted molar refractivity (Wildman–Crippen MR) is 78.5 cm³/mol. The Morgan fingerprint density at radius 3 is 2.70 bits per heavy atom. The fourth-order valence-electron chi connectivity index (χ4n) is 2.36. The maximum absolute atomic E-state index is 11.6. The average molecular weight is 278 g/mol. The van der Waals surface area contributed by atoms with E-state index in [2.05, 4.69) is 5.32 Å². The number of likely N-dealkylation sites (N-methyl/N-ethyl adjacent to an activating group) is 1. The van der Waals surface area contributed by atoms with Crippen molar-refractivity contribution in [2.24, 2.45) is 0 Å². The van der Waals surface area contributed by atoms with Gasteiger partial charge in [-0.05, 0) is 31.9 Å². The largest absolute Gasteiger partial charge is 0.495 e. The van der Waals surface area contributed by atoms with Crippen LogP contribution in [-0.4, -0.2) is 43.4 Å². The Kier molecular flexibility index (Phi) is 4.18. The molecule has 0 aromatic heterocycles. The molecule has 1 aliphatic rings. The zero-order valence-electron chi connectivity index (χ0n) is 12.2. The summed E-state index contributed by atoms with van der Waals surface area (Å²) in [7, 11) is 3.50. The molecule has 2 N–H and O–H groups in total. The van der Waals surface area contributed by atoms with Crippen LogP contribution in [0.15, 0.2) is 24.3 Å². The number of rotatable bonds is 7. The molecule has 20 heavy (non-hydrogen) atoms. The Morgan fingerprint density at radius 2 is 2.15 bits per heavy atom. The number of nitrogens with zero attached hydrogens (tertiary/aromatic N) is 1. The van der Waals surface area contributed by atoms with E-state index < -0.39 is 11.5 Å². The Balaban J connectivity index is 2.15. The Morgan fingerprint density at radius 1 is 1.50 bits per heavy atom. The van der Waals surface area contributed by atoms with Gasteiger partial charge in [0.15, 0.2) is 0 Å². The summed E-state index contributed by atoms with van der Waals surface area (Å²) in [6.07, 6.45) is 2.11. The van der Waals surface area contributed by atoms with Crippen LogP contribution < -0.4 is 15.0 Å². The van der Waals surface area contributed by atoms with Crippen LogP contribution in [0.25, 0.3) is 0 Å². The molecule has 1 aromatic carbocycles. The van der Waals surface area contributed by atoms with Crippen molar-refractivity contribution in [1.29, 1.82) is 0 Å². The SMILES string of the molecule is COc1ccccc1N(C)CC(C)(NC1CC1)C(=O)O. The number of ether oxygens (including phenoxy) is 1. The number of anilines is 1. The first kappa shape index (κ1) is 14.7. The molecule has 5 heteroatoms. The summed E-state index contributed by atoms with van der Waals surface area (Å²) in [5.41, 5.74) is -0.0726. The van der Waals surface area contributed by atoms with E-state index in [1.807, 2.05) is 36.2 Å². The number of benzene rings is 1. The van der Waals surface area contributed by atoms with Crippen LogP contribution in [0.5, 0.6) is 5.75 Å². The topological polar surface area (TPSA) is 61.8 Å². The zero-order chi connectivity index (χ0) is 14.8. The third-order valence-corrected chi connectivity index (χ3v) is 3.62. The standard InChI is InChI=1S/C15H22N2O3/c1-15(14(18)19,16-11-8-9-11)10-17(2)12-6-4-5-7-13(12)20-3/h4-7,11,16H,8-10H2,1-3H3,(H,18,19). The van der Waals surface area contributed by atoms with Gasteiger partial charge in [0.2, 0.25) is 0 Å². The summed E-state index contributed by atoms with van der Waals surface area (Å²) < 4.78 is 5.33. The lowest BCUT2D eigenvalue weighted by Gasteiger charge is -2.33. The molecule has 0 bridgehead atoms. The zero-order valence-corrected chi connectivity index (χ0v) is 12.2. The quantitative estimate of drug-likeness (QED) is 0.795. The Bertz CT molecular complexity index is 488. The van der Waals surface area contributed by atoms with Gasteiger partial charge < -0.3 is 14.7 Å². The monoisotopic (exact) mass is 278 g/mol. The molecule has 0 amide bonds. The first-order valence-corrected chi connectivity index (χ1v) is 6.81. The molecule has 1 unspecified atom stereocenters. The highest BCUT2D eigenvalue weighted by atomic mass is 16.5. The summed E-state index contributed by atoms with van der Waals surface area (Å²) in [4.78, 5) is 13.5. The van der Waals surface area contributed by atoms with Gasteiger partial charge in [-0.15, -0.1) is 0 Å². The Labute approximate surface area is 119 Å². The molecule has 0 heterocycles. The van der Waals surface area contributed by atoms with E-state index in [4.69, 9.17) is 4.74 Å². The van der Waals surface area contributed by atoms with Gasteiger partial charge >= 0.3 is 5.97 Å². The van der Waals surface area contributed by atoms with Gasteiger partial charge in [-0.25, -0.2) is 0 Å². The second kappa shape index (κ2) is 5.71. The van der Waals surface area contributed by atoms with Crippen molar-refractivity contribution in [3.63, 3.8) is 0 Å². The molecule has 1 fully saturated rings. The molecule has 1 atom stereocenters. The molecule has 0 spiro atoms. The third kappa shape index (κ3) is 3.22. The fourth-order valence-corrected chi connectivity index (χ4v) is 2.36. The highest BCUT2D eigenvalue weighted by Gasteiger charge is 2.39. The second-order valence-electron chi connectivity index (χ2n) is 5.58. The van der Waals surface area contributed by atoms with Gasteiger partial charge in [0.1, 0.15) is 11.3 Å². The summed E-state index contributed by atoms with van der Waals surface area (Å²) in [6.45, 7) is 2.11. The van der Waals surface area contributed by atoms with Crippen molar-refractivity contribution < 1.29 is 14.6 Å². The van der Waals surface area contributed by atoms with Crippen LogP contribution in [0.3, 0.4) is 0 Å². The van der Waals surface area contributed by atoms with Crippen LogP contribution in [0.2, 0.25) is 0 Å². The van der Waals surface area contributed by atoms with Crippen molar-refractivity contribution in [2.75, 3.05) is 25.6 Å². The second-order valence-corrected chi connectivity index (χ2v) is 5.58. The van der Waals surface area contributed by atoms with Crippen molar-refractivity contribution in [2.45, 2.75) is 31.3 Å². The maximum atomic E-state index is 11.6. The first-order chi connectivity index (χ1) is 9.46. The molecule has 1 aliphatic carbocycles. The molecule has 5 nitrogen and oxygen atoms in total. The van der Waals surface area contributed by atoms with E-state index >= 15 is 0 Å². The van der Waals surface area contributed by atoms with E-state index in [1.165, 1.54) is 0 Å². The van der Waals surface area contributed by atoms with Crippen molar-refractivity contribution >= 4 is 11.7 Å². The number of para-hydroxylation sites is 2. The fraction of sp³-hybridized carbons (Fsp3) is 0.533. The summed E-state index contributed by atoms with van der Waals surface area (Å²) in [5.74, 6) is -0.0830. The van der Waals surface area contributed by atoms with E-state index in [0.29, 0.717) is 12.6 Å². The lowest BCUT2D eigenvalue weighted by atomic mass is 10.0. The number of carboxylic acids is 1. The smallest absolute Gasteiger partial charge is 0.325 e. The molecule has 2 rings (SSSR count). The van der Waals surface area contributed by atoms with Gasteiger partial charge in [-0.1, -0.05) is 12.1 Å². The minimum atomic E-state index is -0.962. The number of methoxy groups -OCH3 is 1. The summed E-state index contributed by atoms with van der Waals surface area (Å²) in [5, 5.41) is 12.7. The molecule has 0 radical (unpaired) electrons. The van der Waals surface area contributed by atoms with Crippen molar-refractivity contribution in [3.8, 4) is 5.75 Å². The number of carbonyl (C=O) groups is 1. The van der Waals surface area contributed by atoms with Crippen LogP contribution >= 0.6 is 0 Å². The van der Waals surface area contributed by atoms with Gasteiger partial charge in [0, 0.05) is 19.6 Å². The third-order valence-electron chi connectivity index (χ3n) is 3.62. The number of carboxylic acid groups (broad SMARTS) is 1. The van der Waals surface area contributed by atoms with Crippen molar-refractivity contribution in [3.05, 3.63) is 24.3 Å². The van der Waals surface area contributed by atoms with Crippen LogP contribution in [0.1, 0.15) is 19.8 Å². The van der Waals surface area contributed by atoms with E-state index in [0.717, 1.165) is 24.3 Å². The molecule has 110 valence electrons. The molecule has 0 aliphatic heterocycles. The van der Waals surface area contributed by atoms with Crippen molar-refractivity contribution in [1.82, 2.24) is 5.32 Å². The number of aliphatic carboxylic acids is 1. The van der Waals surface area contributed by atoms with E-state index in [9.17, 15) is 9.90 Å². The molecule has 1 aromatic rings. The lowest BCUT2D eigenvalue weighted by molar-refractivity contribution is -0.143. The summed E-state index contributed by atoms with van der Waals surface area (Å²) >= 11 is 0. The lowest BCUT2D eigenvalue weighted by Crippen LogP contribution is -2.57. The number of nitrogens with one attached hydrogen (secondary N) is 1. The van der Waals surface area contributed by atoms with Gasteiger partial charge in [0.05, 0.1) is 12.8 Å². The normalized spacial score (nSPS) is 17.4. The van der Waals surface area contributed by atoms with Gasteiger partial charge in [-0.3, -0.25) is 10.1 Å². The molecular formula is C15H22N2O3. The Hall–Kier alpha value is -1.75. The van der Waals surface area contributed by atoms with E-state index in [1.54, 1.807) is 14.0 Å². The molecule has 0 saturated heterocycles. The first-order valence-electron chi connectivity index (χ1n) is 6.81. The highest BCUT2D eigenvalue weighted by molar-refractivity contribution is 5.79. The minimum absolute atomic E-state index is 0.335.